The van der Waals surface area contributed by atoms with Gasteiger partial charge in [-0.2, -0.15) is 0 Å². The number of aromatic nitrogens is 3. The van der Waals surface area contributed by atoms with Crippen LogP contribution in [0.1, 0.15) is 36.7 Å². The monoisotopic (exact) mass is 477 g/mol. The van der Waals surface area contributed by atoms with Gasteiger partial charge in [-0.15, -0.1) is 5.10 Å². The third-order valence-corrected chi connectivity index (χ3v) is 7.04. The fourth-order valence-corrected chi connectivity index (χ4v) is 5.10. The Kier molecular flexibility index (Phi) is 5.86. The summed E-state index contributed by atoms with van der Waals surface area (Å²) in [7, 11) is 1.64. The number of benzene rings is 2. The summed E-state index contributed by atoms with van der Waals surface area (Å²) >= 11 is 0. The number of amides is 2. The minimum Gasteiger partial charge on any atom is -0.497 e. The molecule has 9 heteroatoms. The quantitative estimate of drug-likeness (QED) is 0.607. The van der Waals surface area contributed by atoms with E-state index in [1.807, 2.05) is 34.1 Å². The smallest absolute Gasteiger partial charge is 0.260 e. The van der Waals surface area contributed by atoms with E-state index in [-0.39, 0.29) is 35.7 Å². The number of fused-ring (bicyclic) bond motifs is 2. The highest BCUT2D eigenvalue weighted by molar-refractivity contribution is 5.97. The van der Waals surface area contributed by atoms with Gasteiger partial charge >= 0.3 is 0 Å². The Morgan fingerprint density at radius 2 is 1.74 bits per heavy atom. The third kappa shape index (κ3) is 4.54. The van der Waals surface area contributed by atoms with Gasteiger partial charge in [-0.25, -0.2) is 0 Å². The van der Waals surface area contributed by atoms with Gasteiger partial charge in [-0.1, -0.05) is 26.0 Å². The molecule has 2 fully saturated rings. The molecule has 9 nitrogen and oxygen atoms in total. The highest BCUT2D eigenvalue weighted by atomic mass is 16.5. The van der Waals surface area contributed by atoms with Crippen molar-refractivity contribution in [3.8, 4) is 11.5 Å². The zero-order chi connectivity index (χ0) is 24.7. The molecule has 0 spiro atoms. The standard InChI is InChI=1S/C26H31N5O4/c1-26(2,3)20-10-19(34-4)6-8-23(20)35-15-24(32)30-11-17-13-31(14-18(17)12-30)25(33)16-5-7-21-22(9-16)28-29-27-21/h5-10,17-18H,11-15H2,1-4H3,(H,27,28,29)/t17-,18-/m1/s1. The Morgan fingerprint density at radius 3 is 2.43 bits per heavy atom. The Bertz CT molecular complexity index is 1250. The number of rotatable bonds is 5. The number of hydrogen-bond donors (Lipinski definition) is 1. The fourth-order valence-electron chi connectivity index (χ4n) is 5.10. The molecule has 0 bridgehead atoms. The number of nitrogens with one attached hydrogen (secondary N) is 1. The van der Waals surface area contributed by atoms with Gasteiger partial charge in [0.15, 0.2) is 6.61 Å². The lowest BCUT2D eigenvalue weighted by molar-refractivity contribution is -0.132. The molecule has 5 rings (SSSR count). The lowest BCUT2D eigenvalue weighted by atomic mass is 9.86. The summed E-state index contributed by atoms with van der Waals surface area (Å²) in [5, 5.41) is 10.6. The maximum absolute atomic E-state index is 13.0. The summed E-state index contributed by atoms with van der Waals surface area (Å²) < 4.78 is 11.3. The first-order valence-electron chi connectivity index (χ1n) is 11.9. The van der Waals surface area contributed by atoms with Crippen molar-refractivity contribution >= 4 is 22.8 Å². The summed E-state index contributed by atoms with van der Waals surface area (Å²) in [4.78, 5) is 29.7. The molecule has 2 aliphatic heterocycles. The van der Waals surface area contributed by atoms with Crippen molar-refractivity contribution in [3.63, 3.8) is 0 Å². The average molecular weight is 478 g/mol. The fraction of sp³-hybridized carbons (Fsp3) is 0.462. The van der Waals surface area contributed by atoms with Crippen LogP contribution in [0.5, 0.6) is 11.5 Å². The summed E-state index contributed by atoms with van der Waals surface area (Å²) in [6.07, 6.45) is 0. The van der Waals surface area contributed by atoms with Gasteiger partial charge in [0.1, 0.15) is 17.0 Å². The second kappa shape index (κ2) is 8.87. The maximum atomic E-state index is 13.0. The van der Waals surface area contributed by atoms with Crippen molar-refractivity contribution in [2.45, 2.75) is 26.2 Å². The van der Waals surface area contributed by atoms with Gasteiger partial charge < -0.3 is 19.3 Å². The third-order valence-electron chi connectivity index (χ3n) is 7.04. The van der Waals surface area contributed by atoms with E-state index in [1.165, 1.54) is 0 Å². The minimum atomic E-state index is -0.147. The summed E-state index contributed by atoms with van der Waals surface area (Å²) in [6, 6.07) is 11.1. The molecule has 184 valence electrons. The van der Waals surface area contributed by atoms with E-state index in [0.717, 1.165) is 16.8 Å². The molecule has 2 atom stereocenters. The highest BCUT2D eigenvalue weighted by Gasteiger charge is 2.43. The van der Waals surface area contributed by atoms with E-state index in [4.69, 9.17) is 9.47 Å². The zero-order valence-electron chi connectivity index (χ0n) is 20.6. The lowest BCUT2D eigenvalue weighted by Crippen LogP contribution is -2.37. The minimum absolute atomic E-state index is 0.000254. The SMILES string of the molecule is COc1ccc(OCC(=O)N2C[C@@H]3CN(C(=O)c4ccc5[nH]nnc5c4)C[C@H]3C2)c(C(C)(C)C)c1. The van der Waals surface area contributed by atoms with Crippen LogP contribution in [-0.2, 0) is 10.2 Å². The van der Waals surface area contributed by atoms with E-state index in [2.05, 4.69) is 36.2 Å². The van der Waals surface area contributed by atoms with Gasteiger partial charge in [0, 0.05) is 49.1 Å². The van der Waals surface area contributed by atoms with Crippen LogP contribution in [0.4, 0.5) is 0 Å². The molecule has 35 heavy (non-hydrogen) atoms. The molecule has 2 aromatic carbocycles. The molecule has 3 heterocycles. The molecule has 1 aromatic heterocycles. The van der Waals surface area contributed by atoms with E-state index < -0.39 is 0 Å². The van der Waals surface area contributed by atoms with Crippen LogP contribution in [0, 0.1) is 11.8 Å². The van der Waals surface area contributed by atoms with E-state index in [1.54, 1.807) is 19.2 Å². The molecule has 3 aromatic rings. The first-order valence-corrected chi connectivity index (χ1v) is 11.9. The molecule has 2 saturated heterocycles. The van der Waals surface area contributed by atoms with Gasteiger partial charge in [0.25, 0.3) is 11.8 Å². The first-order chi connectivity index (χ1) is 16.7. The van der Waals surface area contributed by atoms with Crippen molar-refractivity contribution in [2.75, 3.05) is 39.9 Å². The number of carbonyl (C=O) groups excluding carboxylic acids is 2. The first kappa shape index (κ1) is 23.1. The Hall–Kier alpha value is -3.62. The number of ether oxygens (including phenoxy) is 2. The molecule has 2 aliphatic rings. The largest absolute Gasteiger partial charge is 0.497 e. The average Bonchev–Trinajstić information content (AvgIpc) is 3.55. The lowest BCUT2D eigenvalue weighted by Gasteiger charge is -2.25. The number of hydrogen-bond acceptors (Lipinski definition) is 6. The van der Waals surface area contributed by atoms with E-state index in [0.29, 0.717) is 43.0 Å². The number of likely N-dealkylation sites (tertiary alicyclic amines) is 2. The number of methoxy groups -OCH3 is 1. The summed E-state index contributed by atoms with van der Waals surface area (Å²) in [5.41, 5.74) is 2.95. The number of aromatic amines is 1. The van der Waals surface area contributed by atoms with Crippen LogP contribution in [0.25, 0.3) is 11.0 Å². The Morgan fingerprint density at radius 1 is 1.03 bits per heavy atom. The van der Waals surface area contributed by atoms with Gasteiger partial charge in [-0.05, 0) is 41.8 Å². The van der Waals surface area contributed by atoms with Crippen molar-refractivity contribution in [2.24, 2.45) is 11.8 Å². The Balaban J connectivity index is 1.18. The molecular weight excluding hydrogens is 446 g/mol. The molecule has 1 N–H and O–H groups in total. The molecule has 0 saturated carbocycles. The van der Waals surface area contributed by atoms with Gasteiger partial charge in [-0.3, -0.25) is 14.7 Å². The van der Waals surface area contributed by atoms with Crippen LogP contribution in [0.2, 0.25) is 0 Å². The number of H-pyrrole nitrogens is 1. The molecule has 2 amide bonds. The normalized spacial score (nSPS) is 19.8. The second-order valence-corrected chi connectivity index (χ2v) is 10.5. The molecular formula is C26H31N5O4. The Labute approximate surface area is 204 Å². The number of carbonyl (C=O) groups is 2. The van der Waals surface area contributed by atoms with Crippen molar-refractivity contribution in [3.05, 3.63) is 47.5 Å². The van der Waals surface area contributed by atoms with Gasteiger partial charge in [0.05, 0.1) is 12.6 Å². The van der Waals surface area contributed by atoms with E-state index in [9.17, 15) is 9.59 Å². The molecule has 0 unspecified atom stereocenters. The predicted molar refractivity (Wildman–Crippen MR) is 131 cm³/mol. The number of nitrogens with zero attached hydrogens (tertiary/aromatic N) is 4. The second-order valence-electron chi connectivity index (χ2n) is 10.5. The summed E-state index contributed by atoms with van der Waals surface area (Å²) in [5.74, 6) is 2.01. The zero-order valence-corrected chi connectivity index (χ0v) is 20.6. The van der Waals surface area contributed by atoms with Crippen molar-refractivity contribution < 1.29 is 19.1 Å². The van der Waals surface area contributed by atoms with Crippen LogP contribution in [0.15, 0.2) is 36.4 Å². The maximum Gasteiger partial charge on any atom is 0.260 e. The predicted octanol–water partition coefficient (Wildman–Crippen LogP) is 2.87. The van der Waals surface area contributed by atoms with E-state index >= 15 is 0 Å². The molecule has 0 radical (unpaired) electrons. The van der Waals surface area contributed by atoms with Crippen LogP contribution in [-0.4, -0.2) is 76.9 Å². The van der Waals surface area contributed by atoms with Crippen LogP contribution < -0.4 is 9.47 Å². The molecule has 0 aliphatic carbocycles. The highest BCUT2D eigenvalue weighted by Crippen LogP contribution is 2.35. The van der Waals surface area contributed by atoms with Crippen molar-refractivity contribution in [1.82, 2.24) is 25.2 Å². The van der Waals surface area contributed by atoms with Crippen LogP contribution >= 0.6 is 0 Å². The van der Waals surface area contributed by atoms with Crippen LogP contribution in [0.3, 0.4) is 0 Å². The van der Waals surface area contributed by atoms with Crippen molar-refractivity contribution in [1.29, 1.82) is 0 Å². The summed E-state index contributed by atoms with van der Waals surface area (Å²) in [6.45, 7) is 8.91. The topological polar surface area (TPSA) is 101 Å². The van der Waals surface area contributed by atoms with Gasteiger partial charge in [0.2, 0.25) is 0 Å².